The Morgan fingerprint density at radius 2 is 1.75 bits per heavy atom. The van der Waals surface area contributed by atoms with Crippen LogP contribution in [0.25, 0.3) is 0 Å². The molecule has 3 aromatic rings. The number of methoxy groups -OCH3 is 1. The van der Waals surface area contributed by atoms with Crippen molar-refractivity contribution in [1.82, 2.24) is 4.90 Å². The van der Waals surface area contributed by atoms with Gasteiger partial charge in [0.15, 0.2) is 6.10 Å². The third kappa shape index (κ3) is 7.17. The largest absolute Gasteiger partial charge is 0.497 e. The molecule has 6 nitrogen and oxygen atoms in total. The van der Waals surface area contributed by atoms with Gasteiger partial charge in [0.25, 0.3) is 5.91 Å². The highest BCUT2D eigenvalue weighted by molar-refractivity contribution is 7.99. The first-order valence-corrected chi connectivity index (χ1v) is 13.7. The van der Waals surface area contributed by atoms with E-state index in [-0.39, 0.29) is 5.91 Å². The average molecular weight is 573 g/mol. The van der Waals surface area contributed by atoms with Gasteiger partial charge in [-0.05, 0) is 54.9 Å². The maximum atomic E-state index is 14.0. The lowest BCUT2D eigenvalue weighted by atomic mass is 10.1. The van der Waals surface area contributed by atoms with E-state index in [1.165, 1.54) is 30.8 Å². The standard InChI is InChI=1S/C30H31F3N2O4S/c1-20(36)39-27-28(22-11-13-24(38-3)14-12-22)40-26-10-5-4-9-25(26)35(29(27)37)18-17-34(2)16-15-21-7-6-8-23(19-21)30(31,32)33/h4-14,19,27-28H,15-18H2,1-3H3. The van der Waals surface area contributed by atoms with Gasteiger partial charge in [0.2, 0.25) is 0 Å². The number of fused-ring (bicyclic) bond motifs is 1. The first-order valence-electron chi connectivity index (χ1n) is 12.8. The molecule has 0 spiro atoms. The molecule has 10 heteroatoms. The summed E-state index contributed by atoms with van der Waals surface area (Å²) in [6.07, 6.45) is -5.02. The monoisotopic (exact) mass is 572 g/mol. The number of amides is 1. The van der Waals surface area contributed by atoms with E-state index in [2.05, 4.69) is 0 Å². The number of carbonyl (C=O) groups excluding carboxylic acids is 2. The molecule has 0 aliphatic carbocycles. The van der Waals surface area contributed by atoms with Crippen LogP contribution in [0.15, 0.2) is 77.7 Å². The molecule has 0 bridgehead atoms. The van der Waals surface area contributed by atoms with Crippen molar-refractivity contribution in [3.05, 3.63) is 89.5 Å². The molecule has 0 N–H and O–H groups in total. The van der Waals surface area contributed by atoms with Crippen molar-refractivity contribution in [3.63, 3.8) is 0 Å². The number of carbonyl (C=O) groups is 2. The average Bonchev–Trinajstić information content (AvgIpc) is 3.04. The highest BCUT2D eigenvalue weighted by Crippen LogP contribution is 2.46. The fraction of sp³-hybridized carbons (Fsp3) is 0.333. The van der Waals surface area contributed by atoms with Gasteiger partial charge in [0.05, 0.1) is 23.6 Å². The van der Waals surface area contributed by atoms with Crippen LogP contribution in [0.5, 0.6) is 5.75 Å². The number of ether oxygens (including phenoxy) is 2. The number of alkyl halides is 3. The zero-order valence-electron chi connectivity index (χ0n) is 22.5. The molecule has 2 unspecified atom stereocenters. The number of nitrogens with zero attached hydrogens (tertiary/aromatic N) is 2. The molecule has 0 saturated heterocycles. The van der Waals surface area contributed by atoms with Crippen molar-refractivity contribution >= 4 is 29.3 Å². The van der Waals surface area contributed by atoms with E-state index in [0.29, 0.717) is 37.4 Å². The number of likely N-dealkylation sites (N-methyl/N-ethyl adjacent to an activating group) is 1. The number of rotatable bonds is 9. The quantitative estimate of drug-likeness (QED) is 0.293. The predicted octanol–water partition coefficient (Wildman–Crippen LogP) is 6.00. The SMILES string of the molecule is COc1ccc(C2Sc3ccccc3N(CCN(C)CCc3cccc(C(F)(F)F)c3)C(=O)C2OC(C)=O)cc1. The Morgan fingerprint density at radius 3 is 2.42 bits per heavy atom. The normalized spacial score (nSPS) is 17.4. The summed E-state index contributed by atoms with van der Waals surface area (Å²) >= 11 is 1.46. The van der Waals surface area contributed by atoms with Crippen LogP contribution >= 0.6 is 11.8 Å². The van der Waals surface area contributed by atoms with Gasteiger partial charge in [-0.15, -0.1) is 11.8 Å². The van der Waals surface area contributed by atoms with Gasteiger partial charge in [-0.3, -0.25) is 9.59 Å². The summed E-state index contributed by atoms with van der Waals surface area (Å²) in [6, 6.07) is 20.2. The van der Waals surface area contributed by atoms with E-state index in [0.717, 1.165) is 22.2 Å². The van der Waals surface area contributed by atoms with Crippen LogP contribution in [0.3, 0.4) is 0 Å². The second kappa shape index (κ2) is 12.8. The predicted molar refractivity (Wildman–Crippen MR) is 149 cm³/mol. The number of thioether (sulfide) groups is 1. The number of halogens is 3. The molecule has 0 saturated carbocycles. The Bertz CT molecular complexity index is 1330. The molecule has 0 aromatic heterocycles. The maximum Gasteiger partial charge on any atom is 0.416 e. The fourth-order valence-corrected chi connectivity index (χ4v) is 5.86. The van der Waals surface area contributed by atoms with Gasteiger partial charge >= 0.3 is 12.1 Å². The molecule has 212 valence electrons. The number of benzene rings is 3. The lowest BCUT2D eigenvalue weighted by Gasteiger charge is -2.29. The van der Waals surface area contributed by atoms with E-state index in [4.69, 9.17) is 9.47 Å². The Kier molecular flexibility index (Phi) is 9.42. The molecular formula is C30H31F3N2O4S. The highest BCUT2D eigenvalue weighted by atomic mass is 32.2. The van der Waals surface area contributed by atoms with Gasteiger partial charge in [0.1, 0.15) is 5.75 Å². The van der Waals surface area contributed by atoms with Gasteiger partial charge in [-0.2, -0.15) is 13.2 Å². The Hall–Kier alpha value is -3.50. The summed E-state index contributed by atoms with van der Waals surface area (Å²) in [5.74, 6) is -0.214. The minimum absolute atomic E-state index is 0.308. The lowest BCUT2D eigenvalue weighted by molar-refractivity contribution is -0.152. The number of para-hydroxylation sites is 1. The van der Waals surface area contributed by atoms with Crippen LogP contribution in [-0.4, -0.2) is 56.7 Å². The summed E-state index contributed by atoms with van der Waals surface area (Å²) in [4.78, 5) is 30.5. The highest BCUT2D eigenvalue weighted by Gasteiger charge is 2.40. The molecule has 0 radical (unpaired) electrons. The van der Waals surface area contributed by atoms with Crippen LogP contribution in [0.4, 0.5) is 18.9 Å². The van der Waals surface area contributed by atoms with Crippen LogP contribution in [-0.2, 0) is 26.9 Å². The van der Waals surface area contributed by atoms with Crippen molar-refractivity contribution in [2.75, 3.05) is 38.7 Å². The molecule has 40 heavy (non-hydrogen) atoms. The molecule has 3 aromatic carbocycles. The summed E-state index contributed by atoms with van der Waals surface area (Å²) in [5, 5.41) is -0.480. The smallest absolute Gasteiger partial charge is 0.416 e. The Labute approximate surface area is 236 Å². The van der Waals surface area contributed by atoms with Gasteiger partial charge < -0.3 is 19.3 Å². The van der Waals surface area contributed by atoms with Gasteiger partial charge in [0, 0.05) is 31.5 Å². The maximum absolute atomic E-state index is 14.0. The number of hydrogen-bond donors (Lipinski definition) is 0. The minimum atomic E-state index is -4.39. The summed E-state index contributed by atoms with van der Waals surface area (Å²) in [6.45, 7) is 2.56. The number of anilines is 1. The van der Waals surface area contributed by atoms with E-state index in [1.54, 1.807) is 30.2 Å². The summed E-state index contributed by atoms with van der Waals surface area (Å²) < 4.78 is 50.1. The lowest BCUT2D eigenvalue weighted by Crippen LogP contribution is -2.45. The van der Waals surface area contributed by atoms with Crippen LogP contribution in [0.1, 0.15) is 28.9 Å². The van der Waals surface area contributed by atoms with Gasteiger partial charge in [-0.25, -0.2) is 0 Å². The second-order valence-electron chi connectivity index (χ2n) is 9.55. The van der Waals surface area contributed by atoms with Crippen LogP contribution < -0.4 is 9.64 Å². The van der Waals surface area contributed by atoms with E-state index >= 15 is 0 Å². The van der Waals surface area contributed by atoms with Crippen molar-refractivity contribution in [2.24, 2.45) is 0 Å². The zero-order chi connectivity index (χ0) is 28.9. The first-order chi connectivity index (χ1) is 19.1. The molecule has 4 rings (SSSR count). The third-order valence-electron chi connectivity index (χ3n) is 6.67. The molecule has 1 amide bonds. The van der Waals surface area contributed by atoms with E-state index in [1.807, 2.05) is 48.3 Å². The van der Waals surface area contributed by atoms with Crippen molar-refractivity contribution in [2.45, 2.75) is 35.8 Å². The minimum Gasteiger partial charge on any atom is -0.497 e. The van der Waals surface area contributed by atoms with Crippen LogP contribution in [0.2, 0.25) is 0 Å². The molecule has 2 atom stereocenters. The third-order valence-corrected chi connectivity index (χ3v) is 8.05. The molecule has 1 aliphatic heterocycles. The zero-order valence-corrected chi connectivity index (χ0v) is 23.3. The fourth-order valence-electron chi connectivity index (χ4n) is 4.54. The second-order valence-corrected chi connectivity index (χ2v) is 10.7. The Morgan fingerprint density at radius 1 is 1.02 bits per heavy atom. The number of esters is 1. The van der Waals surface area contributed by atoms with Gasteiger partial charge in [-0.1, -0.05) is 42.5 Å². The molecule has 0 fully saturated rings. The van der Waals surface area contributed by atoms with E-state index in [9.17, 15) is 22.8 Å². The van der Waals surface area contributed by atoms with Crippen molar-refractivity contribution in [3.8, 4) is 5.75 Å². The van der Waals surface area contributed by atoms with Crippen molar-refractivity contribution < 1.29 is 32.2 Å². The molecule has 1 heterocycles. The molecular weight excluding hydrogens is 541 g/mol. The Balaban J connectivity index is 1.53. The number of hydrogen-bond acceptors (Lipinski definition) is 6. The summed E-state index contributed by atoms with van der Waals surface area (Å²) in [5.41, 5.74) is 1.46. The topological polar surface area (TPSA) is 59.1 Å². The van der Waals surface area contributed by atoms with E-state index < -0.39 is 29.1 Å². The van der Waals surface area contributed by atoms with Crippen molar-refractivity contribution in [1.29, 1.82) is 0 Å². The molecule has 1 aliphatic rings. The van der Waals surface area contributed by atoms with Crippen LogP contribution in [0, 0.1) is 0 Å². The summed E-state index contributed by atoms with van der Waals surface area (Å²) in [7, 11) is 3.44. The first kappa shape index (κ1) is 29.5.